The summed E-state index contributed by atoms with van der Waals surface area (Å²) in [6.45, 7) is 24.7. The molecule has 0 amide bonds. The molecule has 0 radical (unpaired) electrons. The lowest BCUT2D eigenvalue weighted by Gasteiger charge is -2.28. The van der Waals surface area contributed by atoms with Crippen LogP contribution in [-0.4, -0.2) is 62.5 Å². The lowest BCUT2D eigenvalue weighted by Crippen LogP contribution is -2.29. The van der Waals surface area contributed by atoms with Crippen molar-refractivity contribution in [1.82, 2.24) is 4.90 Å². The summed E-state index contributed by atoms with van der Waals surface area (Å²) < 4.78 is 9.99. The molecule has 0 aromatic rings. The summed E-state index contributed by atoms with van der Waals surface area (Å²) in [5.74, 6) is 0.869. The monoisotopic (exact) mass is 662 g/mol. The molecule has 0 aliphatic heterocycles. The van der Waals surface area contributed by atoms with Crippen molar-refractivity contribution >= 4 is 5.97 Å². The molecule has 46 heavy (non-hydrogen) atoms. The van der Waals surface area contributed by atoms with E-state index in [0.29, 0.717) is 6.42 Å². The largest absolute Gasteiger partial charge is 0.462 e. The molecule has 5 nitrogen and oxygen atoms in total. The van der Waals surface area contributed by atoms with Crippen LogP contribution in [0.3, 0.4) is 0 Å². The molecule has 0 aromatic carbocycles. The van der Waals surface area contributed by atoms with Gasteiger partial charge < -0.3 is 19.5 Å². The molecule has 1 aliphatic rings. The zero-order chi connectivity index (χ0) is 36.1. The van der Waals surface area contributed by atoms with Crippen LogP contribution in [0.25, 0.3) is 0 Å². The summed E-state index contributed by atoms with van der Waals surface area (Å²) in [6, 6.07) is 0. The number of aliphatic hydroxyl groups is 1. The summed E-state index contributed by atoms with van der Waals surface area (Å²) in [5, 5.41) is 9.31. The summed E-state index contributed by atoms with van der Waals surface area (Å²) in [5.41, 5.74) is 0. The van der Waals surface area contributed by atoms with Gasteiger partial charge in [0, 0.05) is 27.2 Å². The van der Waals surface area contributed by atoms with Crippen molar-refractivity contribution in [1.29, 1.82) is 0 Å². The number of hydrogen-bond donors (Lipinski definition) is 1. The first-order valence-corrected chi connectivity index (χ1v) is 20.2. The zero-order valence-electron chi connectivity index (χ0n) is 34.2. The molecule has 1 N–H and O–H groups in total. The summed E-state index contributed by atoms with van der Waals surface area (Å²) >= 11 is 0. The van der Waals surface area contributed by atoms with Crippen LogP contribution in [0.5, 0.6) is 0 Å². The van der Waals surface area contributed by atoms with E-state index in [-0.39, 0.29) is 18.7 Å². The van der Waals surface area contributed by atoms with Gasteiger partial charge in [0.2, 0.25) is 0 Å². The average molecular weight is 662 g/mol. The second-order valence-corrected chi connectivity index (χ2v) is 13.0. The first kappa shape index (κ1) is 54.8. The van der Waals surface area contributed by atoms with Crippen molar-refractivity contribution in [3.8, 4) is 0 Å². The third-order valence-electron chi connectivity index (χ3n) is 6.91. The van der Waals surface area contributed by atoms with Gasteiger partial charge in [-0.05, 0) is 64.0 Å². The highest BCUT2D eigenvalue weighted by atomic mass is 16.5. The van der Waals surface area contributed by atoms with E-state index in [1.165, 1.54) is 103 Å². The van der Waals surface area contributed by atoms with Crippen molar-refractivity contribution in [3.63, 3.8) is 0 Å². The van der Waals surface area contributed by atoms with Gasteiger partial charge in [-0.25, -0.2) is 0 Å². The standard InChI is InChI=1S/C27H53NO3.4C3H8.C2H6O/c1-3-5-7-8-9-13-21-28(23-24-29)22-14-10-12-16-27(30)31-26-19-17-25(18-20-26)15-11-6-4-2;5*1-3-2/h25-26,29H,3-24H2,1-2H3;4*3H2,1-2H3;1-2H3. The van der Waals surface area contributed by atoms with E-state index in [1.54, 1.807) is 14.2 Å². The molecule has 5 heteroatoms. The molecule has 0 bridgehead atoms. The smallest absolute Gasteiger partial charge is 0.306 e. The van der Waals surface area contributed by atoms with Crippen molar-refractivity contribution in [2.45, 2.75) is 217 Å². The maximum atomic E-state index is 12.2. The van der Waals surface area contributed by atoms with E-state index >= 15 is 0 Å². The number of esters is 1. The maximum absolute atomic E-state index is 12.2. The first-order valence-electron chi connectivity index (χ1n) is 20.2. The molecule has 1 aliphatic carbocycles. The fraction of sp³-hybridized carbons (Fsp3) is 0.976. The van der Waals surface area contributed by atoms with Crippen LogP contribution >= 0.6 is 0 Å². The predicted molar refractivity (Wildman–Crippen MR) is 208 cm³/mol. The number of carbonyl (C=O) groups is 1. The van der Waals surface area contributed by atoms with E-state index in [0.717, 1.165) is 57.7 Å². The molecule has 0 atom stereocenters. The number of methoxy groups -OCH3 is 1. The minimum Gasteiger partial charge on any atom is -0.462 e. The van der Waals surface area contributed by atoms with Crippen LogP contribution in [0.15, 0.2) is 0 Å². The first-order chi connectivity index (χ1) is 22.3. The van der Waals surface area contributed by atoms with Crippen LogP contribution in [0, 0.1) is 5.92 Å². The van der Waals surface area contributed by atoms with Gasteiger partial charge in [0.25, 0.3) is 0 Å². The Bertz CT molecular complexity index is 469. The molecular weight excluding hydrogens is 570 g/mol. The second kappa shape index (κ2) is 53.8. The van der Waals surface area contributed by atoms with Crippen LogP contribution in [0.2, 0.25) is 0 Å². The van der Waals surface area contributed by atoms with Crippen LogP contribution in [0.4, 0.5) is 0 Å². The Kier molecular flexibility index (Phi) is 64.1. The second-order valence-electron chi connectivity index (χ2n) is 13.0. The van der Waals surface area contributed by atoms with E-state index in [9.17, 15) is 9.90 Å². The van der Waals surface area contributed by atoms with Gasteiger partial charge in [-0.1, -0.05) is 159 Å². The lowest BCUT2D eigenvalue weighted by atomic mass is 9.84. The van der Waals surface area contributed by atoms with Crippen LogP contribution in [-0.2, 0) is 14.3 Å². The number of ether oxygens (including phenoxy) is 2. The Morgan fingerprint density at radius 3 is 1.41 bits per heavy atom. The number of unbranched alkanes of at least 4 members (excludes halogenated alkanes) is 9. The van der Waals surface area contributed by atoms with Crippen LogP contribution in [0.1, 0.15) is 210 Å². The minimum atomic E-state index is 0.00808. The SMILES string of the molecule is CCC.CCC.CCC.CCC.CCCCCCCCN(CCO)CCCCCC(=O)OC1CCC(CCCCC)CC1.COC. The Labute approximate surface area is 292 Å². The predicted octanol–water partition coefficient (Wildman–Crippen LogP) is 12.8. The number of carbonyl (C=O) groups excluding carboxylic acids is 1. The van der Waals surface area contributed by atoms with Crippen molar-refractivity contribution < 1.29 is 19.4 Å². The Morgan fingerprint density at radius 1 is 0.587 bits per heavy atom. The van der Waals surface area contributed by atoms with Gasteiger partial charge in [-0.3, -0.25) is 4.79 Å². The molecule has 1 rings (SSSR count). The number of rotatable bonds is 20. The van der Waals surface area contributed by atoms with E-state index in [2.05, 4.69) is 78.9 Å². The fourth-order valence-corrected chi connectivity index (χ4v) is 4.84. The van der Waals surface area contributed by atoms with Crippen molar-refractivity contribution in [3.05, 3.63) is 0 Å². The van der Waals surface area contributed by atoms with E-state index < -0.39 is 0 Å². The summed E-state index contributed by atoms with van der Waals surface area (Å²) in [6.07, 6.45) is 26.7. The quantitative estimate of drug-likeness (QED) is 0.104. The van der Waals surface area contributed by atoms with E-state index in [1.807, 2.05) is 0 Å². The molecule has 0 unspecified atom stereocenters. The fourth-order valence-electron chi connectivity index (χ4n) is 4.84. The highest BCUT2D eigenvalue weighted by molar-refractivity contribution is 5.69. The Balaban J connectivity index is -0.000000314. The molecule has 1 fully saturated rings. The Morgan fingerprint density at radius 2 is 0.978 bits per heavy atom. The van der Waals surface area contributed by atoms with Crippen molar-refractivity contribution in [2.24, 2.45) is 5.92 Å². The molecule has 1 saturated carbocycles. The van der Waals surface area contributed by atoms with Gasteiger partial charge in [0.05, 0.1) is 6.61 Å². The van der Waals surface area contributed by atoms with Gasteiger partial charge in [0.15, 0.2) is 0 Å². The van der Waals surface area contributed by atoms with Crippen molar-refractivity contribution in [2.75, 3.05) is 40.5 Å². The minimum absolute atomic E-state index is 0.00808. The number of nitrogens with zero attached hydrogens (tertiary/aromatic N) is 1. The molecule has 0 saturated heterocycles. The van der Waals surface area contributed by atoms with Gasteiger partial charge in [0.1, 0.15) is 6.10 Å². The average Bonchev–Trinajstić information content (AvgIpc) is 3.02. The Hall–Kier alpha value is -0.650. The third kappa shape index (κ3) is 55.7. The summed E-state index contributed by atoms with van der Waals surface area (Å²) in [7, 11) is 3.25. The molecular formula is C41H91NO4. The normalized spacial score (nSPS) is 14.8. The van der Waals surface area contributed by atoms with Crippen LogP contribution < -0.4 is 0 Å². The van der Waals surface area contributed by atoms with Gasteiger partial charge >= 0.3 is 5.97 Å². The third-order valence-corrected chi connectivity index (χ3v) is 6.91. The maximum Gasteiger partial charge on any atom is 0.306 e. The highest BCUT2D eigenvalue weighted by Crippen LogP contribution is 2.30. The zero-order valence-corrected chi connectivity index (χ0v) is 34.2. The van der Waals surface area contributed by atoms with Gasteiger partial charge in [-0.15, -0.1) is 0 Å². The molecule has 0 aromatic heterocycles. The lowest BCUT2D eigenvalue weighted by molar-refractivity contribution is -0.151. The molecule has 0 spiro atoms. The highest BCUT2D eigenvalue weighted by Gasteiger charge is 2.23. The molecule has 0 heterocycles. The van der Waals surface area contributed by atoms with Gasteiger partial charge in [-0.2, -0.15) is 0 Å². The number of aliphatic hydroxyl groups excluding tert-OH is 1. The van der Waals surface area contributed by atoms with E-state index in [4.69, 9.17) is 4.74 Å². The topological polar surface area (TPSA) is 59.0 Å². The summed E-state index contributed by atoms with van der Waals surface area (Å²) in [4.78, 5) is 14.6. The molecule has 284 valence electrons. The number of hydrogen-bond acceptors (Lipinski definition) is 5.